The van der Waals surface area contributed by atoms with Crippen molar-refractivity contribution in [3.05, 3.63) is 64.0 Å². The van der Waals surface area contributed by atoms with Gasteiger partial charge in [0, 0.05) is 56.7 Å². The second-order valence-electron chi connectivity index (χ2n) is 7.25. The second kappa shape index (κ2) is 8.51. The quantitative estimate of drug-likeness (QED) is 0.688. The number of carbonyl (C=O) groups excluding carboxylic acids is 1. The fraction of sp³-hybridized carbons (Fsp3) is 0.273. The van der Waals surface area contributed by atoms with Gasteiger partial charge >= 0.3 is 0 Å². The summed E-state index contributed by atoms with van der Waals surface area (Å²) in [6, 6.07) is 16.1. The third kappa shape index (κ3) is 4.60. The molecule has 2 aliphatic heterocycles. The van der Waals surface area contributed by atoms with E-state index in [4.69, 9.17) is 11.6 Å². The van der Waals surface area contributed by atoms with Gasteiger partial charge in [0.1, 0.15) is 0 Å². The van der Waals surface area contributed by atoms with Crippen molar-refractivity contribution in [2.45, 2.75) is 0 Å². The number of piperazine rings is 1. The Balaban J connectivity index is 1.38. The summed E-state index contributed by atoms with van der Waals surface area (Å²) >= 11 is 7.45. The van der Waals surface area contributed by atoms with E-state index in [-0.39, 0.29) is 5.91 Å². The van der Waals surface area contributed by atoms with Gasteiger partial charge < -0.3 is 14.7 Å². The van der Waals surface area contributed by atoms with Gasteiger partial charge in [0.25, 0.3) is 5.91 Å². The third-order valence-corrected chi connectivity index (χ3v) is 6.35. The van der Waals surface area contributed by atoms with Gasteiger partial charge in [-0.05, 0) is 59.8 Å². The molecular formula is C22H23ClN4OS. The predicted molar refractivity (Wildman–Crippen MR) is 124 cm³/mol. The zero-order chi connectivity index (χ0) is 20.4. The summed E-state index contributed by atoms with van der Waals surface area (Å²) in [5.74, 6) is -0.151. The molecule has 0 N–H and O–H groups in total. The molecule has 5 nitrogen and oxygen atoms in total. The van der Waals surface area contributed by atoms with Crippen LogP contribution < -0.4 is 9.80 Å². The highest BCUT2D eigenvalue weighted by atomic mass is 35.5. The highest BCUT2D eigenvalue weighted by Crippen LogP contribution is 2.31. The lowest BCUT2D eigenvalue weighted by Crippen LogP contribution is -2.47. The SMILES string of the molecule is CN(C)c1ccc(C=C2SC(N3CCN(c4ccc(Cl)cc4)CC3)=NC2=O)cc1. The van der Waals surface area contributed by atoms with E-state index in [1.165, 1.54) is 17.4 Å². The average Bonchev–Trinajstić information content (AvgIpc) is 3.09. The Morgan fingerprint density at radius 2 is 1.59 bits per heavy atom. The molecule has 2 aromatic rings. The number of anilines is 2. The minimum Gasteiger partial charge on any atom is -0.378 e. The first-order chi connectivity index (χ1) is 14.0. The Bertz CT molecular complexity index is 946. The lowest BCUT2D eigenvalue weighted by atomic mass is 10.2. The van der Waals surface area contributed by atoms with Crippen LogP contribution in [0.3, 0.4) is 0 Å². The van der Waals surface area contributed by atoms with Crippen LogP contribution in [0.25, 0.3) is 6.08 Å². The molecule has 2 aromatic carbocycles. The molecule has 0 aromatic heterocycles. The normalized spacial score (nSPS) is 18.4. The molecule has 0 saturated carbocycles. The van der Waals surface area contributed by atoms with E-state index in [1.54, 1.807) is 0 Å². The van der Waals surface area contributed by atoms with Crippen LogP contribution >= 0.6 is 23.4 Å². The van der Waals surface area contributed by atoms with Crippen molar-refractivity contribution in [1.82, 2.24) is 4.90 Å². The van der Waals surface area contributed by atoms with Crippen molar-refractivity contribution in [2.75, 3.05) is 50.1 Å². The fourth-order valence-corrected chi connectivity index (χ4v) is 4.45. The van der Waals surface area contributed by atoms with Gasteiger partial charge in [-0.3, -0.25) is 4.79 Å². The molecule has 0 bridgehead atoms. The van der Waals surface area contributed by atoms with E-state index in [9.17, 15) is 4.79 Å². The first-order valence-electron chi connectivity index (χ1n) is 9.55. The first-order valence-corrected chi connectivity index (χ1v) is 10.7. The lowest BCUT2D eigenvalue weighted by molar-refractivity contribution is -0.113. The molecule has 29 heavy (non-hydrogen) atoms. The zero-order valence-electron chi connectivity index (χ0n) is 16.5. The Kier molecular flexibility index (Phi) is 5.83. The minimum atomic E-state index is -0.151. The molecule has 7 heteroatoms. The molecule has 150 valence electrons. The Morgan fingerprint density at radius 3 is 2.21 bits per heavy atom. The molecule has 0 aliphatic carbocycles. The molecule has 1 fully saturated rings. The van der Waals surface area contributed by atoms with Crippen LogP contribution in [0.2, 0.25) is 5.02 Å². The predicted octanol–water partition coefficient (Wildman–Crippen LogP) is 4.20. The second-order valence-corrected chi connectivity index (χ2v) is 8.69. The molecule has 4 rings (SSSR count). The van der Waals surface area contributed by atoms with E-state index < -0.39 is 0 Å². The van der Waals surface area contributed by atoms with Gasteiger partial charge in [0.2, 0.25) is 0 Å². The van der Waals surface area contributed by atoms with Crippen molar-refractivity contribution in [2.24, 2.45) is 4.99 Å². The van der Waals surface area contributed by atoms with Gasteiger partial charge in [-0.15, -0.1) is 0 Å². The van der Waals surface area contributed by atoms with E-state index in [0.29, 0.717) is 4.91 Å². The van der Waals surface area contributed by atoms with E-state index >= 15 is 0 Å². The van der Waals surface area contributed by atoms with Gasteiger partial charge in [0.05, 0.1) is 4.91 Å². The van der Waals surface area contributed by atoms with Crippen molar-refractivity contribution in [3.63, 3.8) is 0 Å². The summed E-state index contributed by atoms with van der Waals surface area (Å²) in [7, 11) is 4.02. The monoisotopic (exact) mass is 426 g/mol. The zero-order valence-corrected chi connectivity index (χ0v) is 18.1. The van der Waals surface area contributed by atoms with Gasteiger partial charge in [-0.1, -0.05) is 23.7 Å². The summed E-state index contributed by atoms with van der Waals surface area (Å²) in [5.41, 5.74) is 3.32. The van der Waals surface area contributed by atoms with Crippen molar-refractivity contribution < 1.29 is 4.79 Å². The minimum absolute atomic E-state index is 0.151. The van der Waals surface area contributed by atoms with E-state index in [2.05, 4.69) is 19.7 Å². The molecule has 2 heterocycles. The standard InChI is InChI=1S/C22H23ClN4OS/c1-25(2)18-7-3-16(4-8-18)15-20-21(28)24-22(29-20)27-13-11-26(12-14-27)19-9-5-17(23)6-10-19/h3-10,15H,11-14H2,1-2H3. The topological polar surface area (TPSA) is 39.1 Å². The van der Waals surface area contributed by atoms with Gasteiger partial charge in [-0.25, -0.2) is 0 Å². The molecule has 0 radical (unpaired) electrons. The van der Waals surface area contributed by atoms with Crippen molar-refractivity contribution in [3.8, 4) is 0 Å². The number of carbonyl (C=O) groups is 1. The number of thioether (sulfide) groups is 1. The van der Waals surface area contributed by atoms with Crippen molar-refractivity contribution >= 4 is 51.9 Å². The van der Waals surface area contributed by atoms with Crippen LogP contribution in [0.15, 0.2) is 58.4 Å². The molecular weight excluding hydrogens is 404 g/mol. The molecule has 0 unspecified atom stereocenters. The number of hydrogen-bond acceptors (Lipinski definition) is 5. The number of aliphatic imine (C=N–C) groups is 1. The number of nitrogens with zero attached hydrogens (tertiary/aromatic N) is 4. The summed E-state index contributed by atoms with van der Waals surface area (Å²) in [5, 5.41) is 1.56. The number of halogens is 1. The third-order valence-electron chi connectivity index (χ3n) is 5.06. The fourth-order valence-electron chi connectivity index (χ4n) is 3.36. The maximum Gasteiger partial charge on any atom is 0.286 e. The molecule has 1 amide bonds. The smallest absolute Gasteiger partial charge is 0.286 e. The van der Waals surface area contributed by atoms with Crippen LogP contribution in [0.1, 0.15) is 5.56 Å². The summed E-state index contributed by atoms with van der Waals surface area (Å²) < 4.78 is 0. The maximum atomic E-state index is 12.4. The maximum absolute atomic E-state index is 12.4. The highest BCUT2D eigenvalue weighted by Gasteiger charge is 2.28. The number of benzene rings is 2. The number of amidine groups is 1. The Hall–Kier alpha value is -2.44. The summed E-state index contributed by atoms with van der Waals surface area (Å²) in [6.07, 6.45) is 1.92. The summed E-state index contributed by atoms with van der Waals surface area (Å²) in [6.45, 7) is 3.46. The first kappa shape index (κ1) is 19.9. The molecule has 1 saturated heterocycles. The van der Waals surface area contributed by atoms with Crippen LogP contribution in [0.5, 0.6) is 0 Å². The molecule has 0 spiro atoms. The van der Waals surface area contributed by atoms with Crippen LogP contribution in [-0.4, -0.2) is 56.2 Å². The van der Waals surface area contributed by atoms with Crippen LogP contribution in [-0.2, 0) is 4.79 Å². The average molecular weight is 427 g/mol. The number of amides is 1. The number of rotatable bonds is 3. The van der Waals surface area contributed by atoms with E-state index in [0.717, 1.165) is 47.6 Å². The Labute approximate surface area is 180 Å². The van der Waals surface area contributed by atoms with Crippen LogP contribution in [0.4, 0.5) is 11.4 Å². The lowest BCUT2D eigenvalue weighted by Gasteiger charge is -2.36. The van der Waals surface area contributed by atoms with Gasteiger partial charge in [-0.2, -0.15) is 4.99 Å². The molecule has 2 aliphatic rings. The van der Waals surface area contributed by atoms with Crippen LogP contribution in [0, 0.1) is 0 Å². The summed E-state index contributed by atoms with van der Waals surface area (Å²) in [4.78, 5) is 24.0. The van der Waals surface area contributed by atoms with E-state index in [1.807, 2.05) is 68.7 Å². The largest absolute Gasteiger partial charge is 0.378 e. The van der Waals surface area contributed by atoms with Crippen molar-refractivity contribution in [1.29, 1.82) is 0 Å². The Morgan fingerprint density at radius 1 is 0.966 bits per heavy atom. The molecule has 0 atom stereocenters. The van der Waals surface area contributed by atoms with Gasteiger partial charge in [0.15, 0.2) is 5.17 Å². The highest BCUT2D eigenvalue weighted by molar-refractivity contribution is 8.18. The number of hydrogen-bond donors (Lipinski definition) is 0.